The minimum absolute atomic E-state index is 0.427. The molecule has 16 heavy (non-hydrogen) atoms. The molecule has 0 bridgehead atoms. The summed E-state index contributed by atoms with van der Waals surface area (Å²) in [4.78, 5) is 0. The molecule has 1 aromatic carbocycles. The Morgan fingerprint density at radius 2 is 2.12 bits per heavy atom. The standard InChI is InChI=1S/C12H16N4/c1-2-5-10-6-3-4-7-12(10)16-9-11(8-13)14-15-16/h3-4,6-7,9H,2,5,8,13H2,1H3. The van der Waals surface area contributed by atoms with Crippen LogP contribution in [0.25, 0.3) is 5.69 Å². The Bertz CT molecular complexity index is 462. The van der Waals surface area contributed by atoms with Crippen LogP contribution in [0.1, 0.15) is 24.6 Å². The maximum absolute atomic E-state index is 5.52. The van der Waals surface area contributed by atoms with Gasteiger partial charge >= 0.3 is 0 Å². The van der Waals surface area contributed by atoms with E-state index in [0.717, 1.165) is 24.2 Å². The number of aryl methyl sites for hydroxylation is 1. The van der Waals surface area contributed by atoms with Crippen LogP contribution in [0, 0.1) is 0 Å². The molecule has 2 rings (SSSR count). The second-order valence-corrected chi connectivity index (χ2v) is 3.74. The fourth-order valence-electron chi connectivity index (χ4n) is 1.72. The van der Waals surface area contributed by atoms with E-state index in [0.29, 0.717) is 6.54 Å². The number of hydrogen-bond acceptors (Lipinski definition) is 3. The number of para-hydroxylation sites is 1. The largest absolute Gasteiger partial charge is 0.325 e. The van der Waals surface area contributed by atoms with E-state index in [-0.39, 0.29) is 0 Å². The Balaban J connectivity index is 2.38. The van der Waals surface area contributed by atoms with Gasteiger partial charge < -0.3 is 5.73 Å². The molecule has 0 unspecified atom stereocenters. The minimum Gasteiger partial charge on any atom is -0.325 e. The molecule has 84 valence electrons. The van der Waals surface area contributed by atoms with Crippen molar-refractivity contribution < 1.29 is 0 Å². The van der Waals surface area contributed by atoms with Crippen molar-refractivity contribution in [2.24, 2.45) is 5.73 Å². The van der Waals surface area contributed by atoms with Crippen LogP contribution in [-0.4, -0.2) is 15.0 Å². The van der Waals surface area contributed by atoms with Gasteiger partial charge in [0, 0.05) is 6.54 Å². The van der Waals surface area contributed by atoms with Crippen LogP contribution in [-0.2, 0) is 13.0 Å². The van der Waals surface area contributed by atoms with Crippen molar-refractivity contribution in [3.8, 4) is 5.69 Å². The van der Waals surface area contributed by atoms with Crippen LogP contribution < -0.4 is 5.73 Å². The first-order valence-corrected chi connectivity index (χ1v) is 5.54. The van der Waals surface area contributed by atoms with Crippen LogP contribution >= 0.6 is 0 Å². The van der Waals surface area contributed by atoms with Crippen LogP contribution in [0.4, 0.5) is 0 Å². The molecule has 4 nitrogen and oxygen atoms in total. The summed E-state index contributed by atoms with van der Waals surface area (Å²) in [5.74, 6) is 0. The van der Waals surface area contributed by atoms with Gasteiger partial charge in [-0.2, -0.15) is 0 Å². The average molecular weight is 216 g/mol. The Morgan fingerprint density at radius 1 is 1.31 bits per heavy atom. The molecule has 0 saturated carbocycles. The molecule has 2 aromatic rings. The van der Waals surface area contributed by atoms with Gasteiger partial charge in [-0.3, -0.25) is 0 Å². The van der Waals surface area contributed by atoms with Crippen molar-refractivity contribution in [3.63, 3.8) is 0 Å². The van der Waals surface area contributed by atoms with E-state index in [1.807, 2.05) is 12.3 Å². The second-order valence-electron chi connectivity index (χ2n) is 3.74. The SMILES string of the molecule is CCCc1ccccc1-n1cc(CN)nn1. The molecule has 1 aromatic heterocycles. The molecule has 0 radical (unpaired) electrons. The van der Waals surface area contributed by atoms with Gasteiger partial charge in [0.05, 0.1) is 17.6 Å². The van der Waals surface area contributed by atoms with Crippen LogP contribution in [0.3, 0.4) is 0 Å². The second kappa shape index (κ2) is 4.90. The molecule has 0 aliphatic carbocycles. The van der Waals surface area contributed by atoms with Crippen molar-refractivity contribution in [2.45, 2.75) is 26.3 Å². The first-order chi connectivity index (χ1) is 7.85. The highest BCUT2D eigenvalue weighted by Crippen LogP contribution is 2.15. The van der Waals surface area contributed by atoms with E-state index in [1.54, 1.807) is 4.68 Å². The van der Waals surface area contributed by atoms with Crippen molar-refractivity contribution in [3.05, 3.63) is 41.7 Å². The lowest BCUT2D eigenvalue weighted by Crippen LogP contribution is -2.00. The Morgan fingerprint density at radius 3 is 2.81 bits per heavy atom. The molecule has 0 aliphatic heterocycles. The minimum atomic E-state index is 0.427. The molecular formula is C12H16N4. The number of rotatable bonds is 4. The van der Waals surface area contributed by atoms with Gasteiger partial charge in [-0.15, -0.1) is 5.10 Å². The zero-order valence-corrected chi connectivity index (χ0v) is 9.43. The normalized spacial score (nSPS) is 10.6. The van der Waals surface area contributed by atoms with Crippen LogP contribution in [0.2, 0.25) is 0 Å². The van der Waals surface area contributed by atoms with Crippen molar-refractivity contribution in [2.75, 3.05) is 0 Å². The first-order valence-electron chi connectivity index (χ1n) is 5.54. The van der Waals surface area contributed by atoms with E-state index in [2.05, 4.69) is 35.4 Å². The zero-order chi connectivity index (χ0) is 11.4. The summed E-state index contributed by atoms with van der Waals surface area (Å²) in [5.41, 5.74) is 8.72. The lowest BCUT2D eigenvalue weighted by molar-refractivity contribution is 0.780. The molecule has 2 N–H and O–H groups in total. The highest BCUT2D eigenvalue weighted by atomic mass is 15.4. The fourth-order valence-corrected chi connectivity index (χ4v) is 1.72. The van der Waals surface area contributed by atoms with Crippen molar-refractivity contribution in [1.82, 2.24) is 15.0 Å². The molecule has 1 heterocycles. The maximum atomic E-state index is 5.52. The average Bonchev–Trinajstić information content (AvgIpc) is 2.79. The molecule has 0 atom stereocenters. The van der Waals surface area contributed by atoms with Gasteiger partial charge in [-0.25, -0.2) is 4.68 Å². The van der Waals surface area contributed by atoms with E-state index >= 15 is 0 Å². The first kappa shape index (κ1) is 10.8. The van der Waals surface area contributed by atoms with E-state index < -0.39 is 0 Å². The third-order valence-corrected chi connectivity index (χ3v) is 2.51. The summed E-state index contributed by atoms with van der Waals surface area (Å²) in [6.45, 7) is 2.60. The lowest BCUT2D eigenvalue weighted by Gasteiger charge is -2.06. The number of hydrogen-bond donors (Lipinski definition) is 1. The summed E-state index contributed by atoms with van der Waals surface area (Å²) >= 11 is 0. The predicted octanol–water partition coefficient (Wildman–Crippen LogP) is 1.68. The summed E-state index contributed by atoms with van der Waals surface area (Å²) in [6.07, 6.45) is 4.05. The van der Waals surface area contributed by atoms with Crippen LogP contribution in [0.15, 0.2) is 30.5 Å². The Hall–Kier alpha value is -1.68. The van der Waals surface area contributed by atoms with E-state index in [4.69, 9.17) is 5.73 Å². The molecular weight excluding hydrogens is 200 g/mol. The summed E-state index contributed by atoms with van der Waals surface area (Å²) in [7, 11) is 0. The fraction of sp³-hybridized carbons (Fsp3) is 0.333. The molecule has 4 heteroatoms. The predicted molar refractivity (Wildman–Crippen MR) is 63.2 cm³/mol. The third kappa shape index (κ3) is 2.12. The lowest BCUT2D eigenvalue weighted by atomic mass is 10.1. The summed E-state index contributed by atoms with van der Waals surface area (Å²) in [5, 5.41) is 8.09. The van der Waals surface area contributed by atoms with Gasteiger partial charge in [0.25, 0.3) is 0 Å². The molecule has 0 saturated heterocycles. The van der Waals surface area contributed by atoms with Gasteiger partial charge in [0.1, 0.15) is 0 Å². The number of benzene rings is 1. The molecule has 0 aliphatic rings. The number of nitrogens with zero attached hydrogens (tertiary/aromatic N) is 3. The molecule has 0 spiro atoms. The number of nitrogens with two attached hydrogens (primary N) is 1. The Kier molecular flexibility index (Phi) is 3.31. The Labute approximate surface area is 95.1 Å². The quantitative estimate of drug-likeness (QED) is 0.846. The van der Waals surface area contributed by atoms with Crippen LogP contribution in [0.5, 0.6) is 0 Å². The summed E-state index contributed by atoms with van der Waals surface area (Å²) < 4.78 is 1.80. The van der Waals surface area contributed by atoms with Gasteiger partial charge in [-0.05, 0) is 18.1 Å². The van der Waals surface area contributed by atoms with Crippen molar-refractivity contribution >= 4 is 0 Å². The molecule has 0 amide bonds. The van der Waals surface area contributed by atoms with Gasteiger partial charge in [0.2, 0.25) is 0 Å². The smallest absolute Gasteiger partial charge is 0.0967 e. The highest BCUT2D eigenvalue weighted by molar-refractivity contribution is 5.40. The topological polar surface area (TPSA) is 56.7 Å². The van der Waals surface area contributed by atoms with Crippen molar-refractivity contribution in [1.29, 1.82) is 0 Å². The zero-order valence-electron chi connectivity index (χ0n) is 9.43. The maximum Gasteiger partial charge on any atom is 0.0967 e. The monoisotopic (exact) mass is 216 g/mol. The summed E-state index contributed by atoms with van der Waals surface area (Å²) in [6, 6.07) is 8.25. The molecule has 0 fully saturated rings. The highest BCUT2D eigenvalue weighted by Gasteiger charge is 2.05. The van der Waals surface area contributed by atoms with E-state index in [1.165, 1.54) is 5.56 Å². The number of aromatic nitrogens is 3. The van der Waals surface area contributed by atoms with Gasteiger partial charge in [-0.1, -0.05) is 36.8 Å². The van der Waals surface area contributed by atoms with Gasteiger partial charge in [0.15, 0.2) is 0 Å². The van der Waals surface area contributed by atoms with E-state index in [9.17, 15) is 0 Å². The third-order valence-electron chi connectivity index (χ3n) is 2.51.